The predicted octanol–water partition coefficient (Wildman–Crippen LogP) is 1.65. The highest BCUT2D eigenvalue weighted by molar-refractivity contribution is 4.82. The smallest absolute Gasteiger partial charge is 0.0195 e. The van der Waals surface area contributed by atoms with Crippen molar-refractivity contribution in [2.75, 3.05) is 46.3 Å². The number of nitrogens with one attached hydrogen (secondary N) is 1. The number of rotatable bonds is 5. The topological polar surface area (TPSA) is 18.5 Å². The summed E-state index contributed by atoms with van der Waals surface area (Å²) in [4.78, 5) is 5.13. The first-order valence-corrected chi connectivity index (χ1v) is 7.08. The van der Waals surface area contributed by atoms with Crippen LogP contribution in [0.15, 0.2) is 0 Å². The van der Waals surface area contributed by atoms with Gasteiger partial charge in [-0.05, 0) is 45.4 Å². The van der Waals surface area contributed by atoms with E-state index in [4.69, 9.17) is 0 Å². The molecule has 1 unspecified atom stereocenters. The van der Waals surface area contributed by atoms with Crippen molar-refractivity contribution in [1.29, 1.82) is 0 Å². The molecule has 0 radical (unpaired) electrons. The van der Waals surface area contributed by atoms with Gasteiger partial charge in [-0.3, -0.25) is 4.90 Å². The molecule has 1 aliphatic heterocycles. The minimum atomic E-state index is 0.368. The second-order valence-electron chi connectivity index (χ2n) is 6.38. The fourth-order valence-electron chi connectivity index (χ4n) is 2.73. The standard InChI is InChI=1S/C14H31N3/c1-6-15-11-14(3,4)12-17-9-7-8-16(5)10-13(17)2/h13,15H,6-12H2,1-5H3. The fourth-order valence-corrected chi connectivity index (χ4v) is 2.73. The van der Waals surface area contributed by atoms with E-state index in [0.717, 1.165) is 13.1 Å². The second-order valence-corrected chi connectivity index (χ2v) is 6.38. The van der Waals surface area contributed by atoms with E-state index in [1.54, 1.807) is 0 Å². The van der Waals surface area contributed by atoms with E-state index in [-0.39, 0.29) is 0 Å². The van der Waals surface area contributed by atoms with E-state index >= 15 is 0 Å². The van der Waals surface area contributed by atoms with E-state index < -0.39 is 0 Å². The number of nitrogens with zero attached hydrogens (tertiary/aromatic N) is 2. The molecule has 3 nitrogen and oxygen atoms in total. The van der Waals surface area contributed by atoms with Gasteiger partial charge in [0.1, 0.15) is 0 Å². The van der Waals surface area contributed by atoms with E-state index in [9.17, 15) is 0 Å². The van der Waals surface area contributed by atoms with Crippen molar-refractivity contribution < 1.29 is 0 Å². The van der Waals surface area contributed by atoms with Gasteiger partial charge in [0.2, 0.25) is 0 Å². The Morgan fingerprint density at radius 2 is 2.00 bits per heavy atom. The van der Waals surface area contributed by atoms with Crippen LogP contribution in [0.25, 0.3) is 0 Å². The zero-order valence-corrected chi connectivity index (χ0v) is 12.4. The van der Waals surface area contributed by atoms with E-state index in [1.165, 1.54) is 32.6 Å². The van der Waals surface area contributed by atoms with Gasteiger partial charge in [0.25, 0.3) is 0 Å². The van der Waals surface area contributed by atoms with Gasteiger partial charge in [-0.2, -0.15) is 0 Å². The molecule has 102 valence electrons. The minimum Gasteiger partial charge on any atom is -0.316 e. The summed E-state index contributed by atoms with van der Waals surface area (Å²) in [6, 6.07) is 0.684. The summed E-state index contributed by atoms with van der Waals surface area (Å²) < 4.78 is 0. The Balaban J connectivity index is 2.47. The van der Waals surface area contributed by atoms with Gasteiger partial charge < -0.3 is 10.2 Å². The number of likely N-dealkylation sites (N-methyl/N-ethyl adjacent to an activating group) is 1. The molecule has 0 spiro atoms. The lowest BCUT2D eigenvalue weighted by molar-refractivity contribution is 0.135. The maximum absolute atomic E-state index is 3.48. The molecular formula is C14H31N3. The first-order chi connectivity index (χ1) is 7.94. The molecule has 1 atom stereocenters. The molecule has 1 fully saturated rings. The fraction of sp³-hybridized carbons (Fsp3) is 1.00. The molecule has 0 saturated carbocycles. The Morgan fingerprint density at radius 3 is 2.65 bits per heavy atom. The molecule has 1 rings (SSSR count). The molecule has 0 amide bonds. The zero-order chi connectivity index (χ0) is 12.9. The Morgan fingerprint density at radius 1 is 1.29 bits per heavy atom. The molecule has 0 bridgehead atoms. The van der Waals surface area contributed by atoms with Crippen LogP contribution >= 0.6 is 0 Å². The minimum absolute atomic E-state index is 0.368. The lowest BCUT2D eigenvalue weighted by Crippen LogP contribution is -2.46. The lowest BCUT2D eigenvalue weighted by Gasteiger charge is -2.36. The Bertz CT molecular complexity index is 216. The third-order valence-corrected chi connectivity index (χ3v) is 3.67. The third-order valence-electron chi connectivity index (χ3n) is 3.67. The number of hydrogen-bond donors (Lipinski definition) is 1. The van der Waals surface area contributed by atoms with Gasteiger partial charge in [0, 0.05) is 25.7 Å². The van der Waals surface area contributed by atoms with Crippen molar-refractivity contribution in [3.8, 4) is 0 Å². The predicted molar refractivity (Wildman–Crippen MR) is 75.5 cm³/mol. The van der Waals surface area contributed by atoms with Crippen molar-refractivity contribution in [3.05, 3.63) is 0 Å². The van der Waals surface area contributed by atoms with Crippen LogP contribution in [-0.2, 0) is 0 Å². The monoisotopic (exact) mass is 241 g/mol. The summed E-state index contributed by atoms with van der Waals surface area (Å²) in [6.07, 6.45) is 1.30. The van der Waals surface area contributed by atoms with Crippen LogP contribution in [0, 0.1) is 5.41 Å². The normalized spacial score (nSPS) is 24.9. The molecule has 0 aliphatic carbocycles. The highest BCUT2D eigenvalue weighted by atomic mass is 15.2. The zero-order valence-electron chi connectivity index (χ0n) is 12.4. The third kappa shape index (κ3) is 5.36. The van der Waals surface area contributed by atoms with E-state index in [1.807, 2.05) is 0 Å². The first kappa shape index (κ1) is 14.9. The number of hydrogen-bond acceptors (Lipinski definition) is 3. The molecular weight excluding hydrogens is 210 g/mol. The van der Waals surface area contributed by atoms with Crippen LogP contribution in [-0.4, -0.2) is 62.2 Å². The highest BCUT2D eigenvalue weighted by Gasteiger charge is 2.26. The van der Waals surface area contributed by atoms with Crippen LogP contribution in [0.5, 0.6) is 0 Å². The van der Waals surface area contributed by atoms with Crippen LogP contribution < -0.4 is 5.32 Å². The molecule has 0 aromatic carbocycles. The van der Waals surface area contributed by atoms with Crippen LogP contribution in [0.4, 0.5) is 0 Å². The van der Waals surface area contributed by atoms with E-state index in [0.29, 0.717) is 11.5 Å². The van der Waals surface area contributed by atoms with Gasteiger partial charge in [-0.1, -0.05) is 20.8 Å². The summed E-state index contributed by atoms with van der Waals surface area (Å²) in [5.41, 5.74) is 0.368. The first-order valence-electron chi connectivity index (χ1n) is 7.08. The lowest BCUT2D eigenvalue weighted by atomic mass is 9.92. The molecule has 3 heteroatoms. The summed E-state index contributed by atoms with van der Waals surface area (Å²) in [7, 11) is 2.24. The average molecular weight is 241 g/mol. The van der Waals surface area contributed by atoms with Gasteiger partial charge in [0.15, 0.2) is 0 Å². The Hall–Kier alpha value is -0.120. The van der Waals surface area contributed by atoms with E-state index in [2.05, 4.69) is 49.9 Å². The molecule has 0 aromatic heterocycles. The molecule has 1 saturated heterocycles. The molecule has 1 N–H and O–H groups in total. The van der Waals surface area contributed by atoms with Crippen molar-refractivity contribution in [3.63, 3.8) is 0 Å². The van der Waals surface area contributed by atoms with Crippen LogP contribution in [0.1, 0.15) is 34.1 Å². The van der Waals surface area contributed by atoms with Crippen molar-refractivity contribution in [1.82, 2.24) is 15.1 Å². The maximum Gasteiger partial charge on any atom is 0.0195 e. The van der Waals surface area contributed by atoms with Crippen molar-refractivity contribution in [2.24, 2.45) is 5.41 Å². The molecule has 0 aromatic rings. The van der Waals surface area contributed by atoms with Crippen molar-refractivity contribution >= 4 is 0 Å². The Labute approximate surface area is 108 Å². The summed E-state index contributed by atoms with van der Waals surface area (Å²) in [5, 5.41) is 3.48. The Kier molecular flexibility index (Phi) is 5.90. The van der Waals surface area contributed by atoms with Gasteiger partial charge >= 0.3 is 0 Å². The maximum atomic E-state index is 3.48. The summed E-state index contributed by atoms with van der Waals surface area (Å²) in [5.74, 6) is 0. The highest BCUT2D eigenvalue weighted by Crippen LogP contribution is 2.19. The second kappa shape index (κ2) is 6.72. The quantitative estimate of drug-likeness (QED) is 0.789. The van der Waals surface area contributed by atoms with Crippen molar-refractivity contribution in [2.45, 2.75) is 40.2 Å². The van der Waals surface area contributed by atoms with Gasteiger partial charge in [-0.25, -0.2) is 0 Å². The van der Waals surface area contributed by atoms with Crippen LogP contribution in [0.2, 0.25) is 0 Å². The average Bonchev–Trinajstić information content (AvgIpc) is 2.38. The summed E-state index contributed by atoms with van der Waals surface area (Å²) in [6.45, 7) is 16.4. The van der Waals surface area contributed by atoms with Gasteiger partial charge in [-0.15, -0.1) is 0 Å². The molecule has 1 heterocycles. The molecule has 1 aliphatic rings. The summed E-state index contributed by atoms with van der Waals surface area (Å²) >= 11 is 0. The molecule has 17 heavy (non-hydrogen) atoms. The SMILES string of the molecule is CCNCC(C)(C)CN1CCCN(C)CC1C. The van der Waals surface area contributed by atoms with Gasteiger partial charge in [0.05, 0.1) is 0 Å². The van der Waals surface area contributed by atoms with Crippen LogP contribution in [0.3, 0.4) is 0 Å². The largest absolute Gasteiger partial charge is 0.316 e.